The standard InChI is InChI=1S/C57H56N4/c1-37-58-53(3,4)55(7,8)60(37)44-27-19-21-39(33-44)40-31-32-48-50(35-40)57(42-23-13-11-14-24-42,43-25-15-12-16-26-43)51-36-49(46-29-17-18-30-47(46)52(48)51)41-22-20-28-45(34-41)61-38(2)59-54(5,6)56(61,9)10/h11-36H,1-10H3. The molecule has 0 radical (unpaired) electrons. The molecule has 304 valence electrons. The van der Waals surface area contributed by atoms with Crippen LogP contribution >= 0.6 is 0 Å². The third-order valence-electron chi connectivity index (χ3n) is 15.1. The van der Waals surface area contributed by atoms with Crippen LogP contribution in [0.5, 0.6) is 0 Å². The third kappa shape index (κ3) is 5.50. The van der Waals surface area contributed by atoms with Crippen LogP contribution in [0.15, 0.2) is 168 Å². The van der Waals surface area contributed by atoms with E-state index in [1.165, 1.54) is 66.4 Å². The van der Waals surface area contributed by atoms with Crippen LogP contribution in [-0.2, 0) is 5.41 Å². The normalized spacial score (nSPS) is 18.8. The number of hydrogen-bond acceptors (Lipinski definition) is 4. The molecule has 0 spiro atoms. The zero-order valence-corrected chi connectivity index (χ0v) is 37.3. The number of amidine groups is 2. The summed E-state index contributed by atoms with van der Waals surface area (Å²) < 4.78 is 0. The van der Waals surface area contributed by atoms with Gasteiger partial charge in [0, 0.05) is 11.4 Å². The fourth-order valence-electron chi connectivity index (χ4n) is 11.0. The van der Waals surface area contributed by atoms with Crippen LogP contribution in [-0.4, -0.2) is 33.8 Å². The first-order chi connectivity index (χ1) is 29.1. The average Bonchev–Trinajstić information content (AvgIpc) is 3.70. The van der Waals surface area contributed by atoms with Crippen LogP contribution in [0.1, 0.15) is 91.5 Å². The summed E-state index contributed by atoms with van der Waals surface area (Å²) in [6.07, 6.45) is 0. The van der Waals surface area contributed by atoms with Crippen molar-refractivity contribution in [2.24, 2.45) is 9.98 Å². The summed E-state index contributed by atoms with van der Waals surface area (Å²) in [7, 11) is 0. The molecule has 7 aromatic rings. The van der Waals surface area contributed by atoms with Gasteiger partial charge in [0.05, 0.1) is 27.6 Å². The summed E-state index contributed by atoms with van der Waals surface area (Å²) in [4.78, 5) is 15.1. The van der Waals surface area contributed by atoms with Crippen LogP contribution < -0.4 is 9.80 Å². The van der Waals surface area contributed by atoms with E-state index in [0.29, 0.717) is 0 Å². The lowest BCUT2D eigenvalue weighted by Crippen LogP contribution is -2.53. The quantitative estimate of drug-likeness (QED) is 0.168. The van der Waals surface area contributed by atoms with Crippen LogP contribution in [0.3, 0.4) is 0 Å². The first-order valence-corrected chi connectivity index (χ1v) is 21.8. The average molecular weight is 797 g/mol. The Morgan fingerprint density at radius 1 is 0.393 bits per heavy atom. The molecule has 2 aliphatic heterocycles. The Balaban J connectivity index is 1.23. The number of aliphatic imine (C=N–C) groups is 2. The van der Waals surface area contributed by atoms with Crippen LogP contribution in [0.4, 0.5) is 11.4 Å². The Morgan fingerprint density at radius 2 is 0.869 bits per heavy atom. The molecule has 1 aliphatic carbocycles. The molecule has 0 saturated heterocycles. The molecule has 10 rings (SSSR count). The molecule has 0 fully saturated rings. The van der Waals surface area contributed by atoms with Gasteiger partial charge in [-0.05, 0) is 172 Å². The van der Waals surface area contributed by atoms with Gasteiger partial charge in [-0.1, -0.05) is 121 Å². The van der Waals surface area contributed by atoms with Gasteiger partial charge in [-0.15, -0.1) is 0 Å². The van der Waals surface area contributed by atoms with Gasteiger partial charge in [-0.2, -0.15) is 0 Å². The molecule has 4 nitrogen and oxygen atoms in total. The minimum atomic E-state index is -0.592. The van der Waals surface area contributed by atoms with Gasteiger partial charge in [-0.3, -0.25) is 9.98 Å². The minimum Gasteiger partial charge on any atom is -0.322 e. The van der Waals surface area contributed by atoms with Crippen molar-refractivity contribution in [1.82, 2.24) is 0 Å². The molecule has 7 aromatic carbocycles. The highest BCUT2D eigenvalue weighted by Crippen LogP contribution is 2.60. The van der Waals surface area contributed by atoms with Crippen LogP contribution in [0, 0.1) is 0 Å². The van der Waals surface area contributed by atoms with Gasteiger partial charge >= 0.3 is 0 Å². The molecule has 0 unspecified atom stereocenters. The van der Waals surface area contributed by atoms with E-state index < -0.39 is 5.41 Å². The molecular weight excluding hydrogens is 741 g/mol. The molecule has 0 bridgehead atoms. The minimum absolute atomic E-state index is 0.184. The number of rotatable bonds is 6. The van der Waals surface area contributed by atoms with Crippen molar-refractivity contribution in [3.63, 3.8) is 0 Å². The smallest absolute Gasteiger partial charge is 0.102 e. The van der Waals surface area contributed by atoms with Crippen molar-refractivity contribution < 1.29 is 0 Å². The van der Waals surface area contributed by atoms with Crippen molar-refractivity contribution in [3.8, 4) is 33.4 Å². The monoisotopic (exact) mass is 796 g/mol. The molecule has 0 saturated carbocycles. The van der Waals surface area contributed by atoms with Gasteiger partial charge < -0.3 is 9.80 Å². The summed E-state index contributed by atoms with van der Waals surface area (Å²) in [5, 5.41) is 2.51. The number of hydrogen-bond donors (Lipinski definition) is 0. The van der Waals surface area contributed by atoms with Gasteiger partial charge in [-0.25, -0.2) is 0 Å². The Labute approximate surface area is 362 Å². The highest BCUT2D eigenvalue weighted by Gasteiger charge is 2.50. The molecule has 0 aromatic heterocycles. The van der Waals surface area contributed by atoms with Gasteiger partial charge in [0.25, 0.3) is 0 Å². The predicted octanol–water partition coefficient (Wildman–Crippen LogP) is 14.1. The van der Waals surface area contributed by atoms with E-state index >= 15 is 0 Å². The third-order valence-corrected chi connectivity index (χ3v) is 15.1. The summed E-state index contributed by atoms with van der Waals surface area (Å²) in [6, 6.07) is 59.3. The maximum Gasteiger partial charge on any atom is 0.102 e. The van der Waals surface area contributed by atoms with E-state index in [9.17, 15) is 0 Å². The highest BCUT2D eigenvalue weighted by atomic mass is 15.3. The van der Waals surface area contributed by atoms with Crippen molar-refractivity contribution in [1.29, 1.82) is 0 Å². The van der Waals surface area contributed by atoms with Crippen LogP contribution in [0.2, 0.25) is 0 Å². The Hall–Kier alpha value is -6.26. The maximum absolute atomic E-state index is 5.14. The van der Waals surface area contributed by atoms with E-state index in [1.54, 1.807) is 0 Å². The molecule has 2 heterocycles. The Kier molecular flexibility index (Phi) is 8.53. The SMILES string of the molecule is CC1=NC(C)(C)C(C)(C)N1c1cccc(-c2ccc3c(c2)C(c2ccccc2)(c2ccccc2)c2cc(-c4cccc(N5C(C)=NC(C)(C)C5(C)C)c4)c4ccccc4c2-3)c1. The van der Waals surface area contributed by atoms with E-state index in [1.807, 2.05) is 0 Å². The van der Waals surface area contributed by atoms with Gasteiger partial charge in [0.1, 0.15) is 11.7 Å². The molecule has 0 amide bonds. The molecule has 0 atom stereocenters. The molecule has 61 heavy (non-hydrogen) atoms. The second-order valence-electron chi connectivity index (χ2n) is 19.5. The van der Waals surface area contributed by atoms with Crippen molar-refractivity contribution >= 4 is 33.8 Å². The van der Waals surface area contributed by atoms with Gasteiger partial charge in [0.2, 0.25) is 0 Å². The predicted molar refractivity (Wildman–Crippen MR) is 260 cm³/mol. The maximum atomic E-state index is 5.14. The lowest BCUT2D eigenvalue weighted by Gasteiger charge is -2.41. The van der Waals surface area contributed by atoms with E-state index in [-0.39, 0.29) is 22.2 Å². The molecule has 3 aliphatic rings. The number of nitrogens with zero attached hydrogens (tertiary/aromatic N) is 4. The summed E-state index contributed by atoms with van der Waals surface area (Å²) in [5.74, 6) is 2.10. The summed E-state index contributed by atoms with van der Waals surface area (Å²) in [6.45, 7) is 22.5. The van der Waals surface area contributed by atoms with Gasteiger partial charge in [0.15, 0.2) is 0 Å². The lowest BCUT2D eigenvalue weighted by atomic mass is 9.67. The fourth-order valence-corrected chi connectivity index (χ4v) is 11.0. The van der Waals surface area contributed by atoms with E-state index in [2.05, 4.69) is 237 Å². The molecule has 4 heteroatoms. The number of fused-ring (bicyclic) bond motifs is 5. The zero-order chi connectivity index (χ0) is 42.7. The lowest BCUT2D eigenvalue weighted by molar-refractivity contribution is 0.338. The number of benzene rings is 7. The summed E-state index contributed by atoms with van der Waals surface area (Å²) in [5.41, 5.74) is 13.4. The Morgan fingerprint density at radius 3 is 1.39 bits per heavy atom. The second kappa shape index (κ2) is 13.4. The zero-order valence-electron chi connectivity index (χ0n) is 37.3. The second-order valence-corrected chi connectivity index (χ2v) is 19.5. The first kappa shape index (κ1) is 38.9. The molecule has 0 N–H and O–H groups in total. The van der Waals surface area contributed by atoms with Crippen molar-refractivity contribution in [2.45, 2.75) is 96.8 Å². The van der Waals surface area contributed by atoms with Crippen LogP contribution in [0.25, 0.3) is 44.2 Å². The highest BCUT2D eigenvalue weighted by molar-refractivity contribution is 6.11. The van der Waals surface area contributed by atoms with Crippen molar-refractivity contribution in [2.75, 3.05) is 9.80 Å². The largest absolute Gasteiger partial charge is 0.322 e. The number of anilines is 2. The first-order valence-electron chi connectivity index (χ1n) is 21.8. The Bertz CT molecular complexity index is 2910. The fraction of sp³-hybridized carbons (Fsp3) is 0.263. The van der Waals surface area contributed by atoms with E-state index in [0.717, 1.165) is 23.0 Å². The van der Waals surface area contributed by atoms with Crippen molar-refractivity contribution in [3.05, 3.63) is 180 Å². The summed E-state index contributed by atoms with van der Waals surface area (Å²) >= 11 is 0. The molecular formula is C57H56N4. The van der Waals surface area contributed by atoms with E-state index in [4.69, 9.17) is 9.98 Å². The topological polar surface area (TPSA) is 31.2 Å².